The number of anilines is 2. The highest BCUT2D eigenvalue weighted by atomic mass is 79.9. The first-order chi connectivity index (χ1) is 10.6. The number of halogens is 1. The normalized spacial score (nSPS) is 9.70. The zero-order chi connectivity index (χ0) is 17.7. The van der Waals surface area contributed by atoms with Gasteiger partial charge in [-0.15, -0.1) is 0 Å². The predicted molar refractivity (Wildman–Crippen MR) is 92.8 cm³/mol. The van der Waals surface area contributed by atoms with Crippen LogP contribution in [0.5, 0.6) is 0 Å². The molecule has 0 saturated heterocycles. The van der Waals surface area contributed by atoms with Crippen LogP contribution in [0.2, 0.25) is 0 Å². The van der Waals surface area contributed by atoms with Crippen LogP contribution < -0.4 is 11.5 Å². The molecular weight excluding hydrogens is 364 g/mol. The van der Waals surface area contributed by atoms with Gasteiger partial charge in [0, 0.05) is 15.8 Å². The molecule has 0 spiro atoms. The molecule has 2 rings (SSSR count). The number of nitrogen functional groups attached to an aromatic ring is 2. The van der Waals surface area contributed by atoms with Gasteiger partial charge in [0.15, 0.2) is 0 Å². The second kappa shape index (κ2) is 7.64. The van der Waals surface area contributed by atoms with Crippen LogP contribution in [0.4, 0.5) is 11.4 Å². The number of aromatic carboxylic acids is 2. The van der Waals surface area contributed by atoms with E-state index in [2.05, 4.69) is 15.9 Å². The first-order valence-corrected chi connectivity index (χ1v) is 7.31. The molecule has 2 aromatic rings. The molecule has 0 saturated carbocycles. The third-order valence-electron chi connectivity index (χ3n) is 3.11. The molecule has 6 nitrogen and oxygen atoms in total. The summed E-state index contributed by atoms with van der Waals surface area (Å²) >= 11 is 3.15. The SMILES string of the molecule is Cc1cc(Br)c(C(=O)O)cc1N.Cc1ccc(C(=O)O)cc1N. The number of hydrogen-bond donors (Lipinski definition) is 4. The van der Waals surface area contributed by atoms with Crippen LogP contribution in [0, 0.1) is 13.8 Å². The van der Waals surface area contributed by atoms with Gasteiger partial charge in [-0.1, -0.05) is 6.07 Å². The lowest BCUT2D eigenvalue weighted by Gasteiger charge is -2.03. The van der Waals surface area contributed by atoms with E-state index in [1.807, 2.05) is 13.8 Å². The first-order valence-electron chi connectivity index (χ1n) is 6.51. The maximum absolute atomic E-state index is 10.6. The minimum Gasteiger partial charge on any atom is -0.478 e. The lowest BCUT2D eigenvalue weighted by atomic mass is 10.1. The first kappa shape index (κ1) is 18.5. The zero-order valence-electron chi connectivity index (χ0n) is 12.6. The molecule has 0 radical (unpaired) electrons. The van der Waals surface area contributed by atoms with Gasteiger partial charge in [0.1, 0.15) is 0 Å². The molecule has 0 unspecified atom stereocenters. The van der Waals surface area contributed by atoms with E-state index >= 15 is 0 Å². The molecule has 0 atom stereocenters. The van der Waals surface area contributed by atoms with Crippen molar-refractivity contribution in [3.63, 3.8) is 0 Å². The summed E-state index contributed by atoms with van der Waals surface area (Å²) in [7, 11) is 0. The van der Waals surface area contributed by atoms with E-state index in [0.29, 0.717) is 15.8 Å². The van der Waals surface area contributed by atoms with Crippen LogP contribution in [0.15, 0.2) is 34.8 Å². The minimum atomic E-state index is -0.978. The van der Waals surface area contributed by atoms with Gasteiger partial charge in [-0.25, -0.2) is 9.59 Å². The molecule has 0 heterocycles. The van der Waals surface area contributed by atoms with Crippen molar-refractivity contribution in [1.82, 2.24) is 0 Å². The van der Waals surface area contributed by atoms with Crippen molar-refractivity contribution in [1.29, 1.82) is 0 Å². The van der Waals surface area contributed by atoms with Gasteiger partial charge in [-0.05, 0) is 65.2 Å². The number of carboxylic acid groups (broad SMARTS) is 2. The summed E-state index contributed by atoms with van der Waals surface area (Å²) in [5.74, 6) is -1.93. The number of rotatable bonds is 2. The quantitative estimate of drug-likeness (QED) is 0.591. The van der Waals surface area contributed by atoms with E-state index in [-0.39, 0.29) is 11.1 Å². The number of benzene rings is 2. The van der Waals surface area contributed by atoms with E-state index in [1.165, 1.54) is 18.2 Å². The smallest absolute Gasteiger partial charge is 0.336 e. The molecule has 0 aliphatic carbocycles. The van der Waals surface area contributed by atoms with Gasteiger partial charge in [0.25, 0.3) is 0 Å². The van der Waals surface area contributed by atoms with E-state index < -0.39 is 11.9 Å². The molecule has 0 aliphatic rings. The lowest BCUT2D eigenvalue weighted by molar-refractivity contribution is 0.0685. The summed E-state index contributed by atoms with van der Waals surface area (Å²) in [6.07, 6.45) is 0. The number of carbonyl (C=O) groups is 2. The lowest BCUT2D eigenvalue weighted by Crippen LogP contribution is -2.00. The zero-order valence-corrected chi connectivity index (χ0v) is 14.2. The highest BCUT2D eigenvalue weighted by Crippen LogP contribution is 2.23. The second-order valence-corrected chi connectivity index (χ2v) is 5.72. The maximum Gasteiger partial charge on any atom is 0.336 e. The second-order valence-electron chi connectivity index (χ2n) is 4.87. The summed E-state index contributed by atoms with van der Waals surface area (Å²) in [4.78, 5) is 21.0. The van der Waals surface area contributed by atoms with Crippen molar-refractivity contribution in [3.8, 4) is 0 Å². The Hall–Kier alpha value is -2.54. The largest absolute Gasteiger partial charge is 0.478 e. The van der Waals surface area contributed by atoms with E-state index in [1.54, 1.807) is 12.1 Å². The van der Waals surface area contributed by atoms with Gasteiger partial charge in [-0.3, -0.25) is 0 Å². The number of hydrogen-bond acceptors (Lipinski definition) is 4. The summed E-state index contributed by atoms with van der Waals surface area (Å²) in [6, 6.07) is 7.82. The van der Waals surface area contributed by atoms with Crippen LogP contribution in [0.3, 0.4) is 0 Å². The van der Waals surface area contributed by atoms with E-state index in [0.717, 1.165) is 11.1 Å². The number of carboxylic acids is 2. The third-order valence-corrected chi connectivity index (χ3v) is 3.77. The molecule has 0 fully saturated rings. The van der Waals surface area contributed by atoms with Crippen molar-refractivity contribution < 1.29 is 19.8 Å². The Morgan fingerprint density at radius 3 is 1.96 bits per heavy atom. The van der Waals surface area contributed by atoms with Crippen molar-refractivity contribution >= 4 is 39.2 Å². The van der Waals surface area contributed by atoms with Gasteiger partial charge in [0.05, 0.1) is 11.1 Å². The van der Waals surface area contributed by atoms with Gasteiger partial charge < -0.3 is 21.7 Å². The average Bonchev–Trinajstić information content (AvgIpc) is 2.46. The van der Waals surface area contributed by atoms with Crippen LogP contribution in [-0.4, -0.2) is 22.2 Å². The number of aryl methyl sites for hydroxylation is 2. The van der Waals surface area contributed by atoms with Crippen molar-refractivity contribution in [3.05, 3.63) is 57.1 Å². The third kappa shape index (κ3) is 5.00. The summed E-state index contributed by atoms with van der Waals surface area (Å²) in [5.41, 5.74) is 14.2. The Balaban J connectivity index is 0.000000231. The highest BCUT2D eigenvalue weighted by molar-refractivity contribution is 9.10. The molecule has 0 bridgehead atoms. The van der Waals surface area contributed by atoms with Crippen molar-refractivity contribution in [2.75, 3.05) is 11.5 Å². The molecule has 6 N–H and O–H groups in total. The van der Waals surface area contributed by atoms with E-state index in [4.69, 9.17) is 21.7 Å². The standard InChI is InChI=1S/C8H8BrNO2.C8H9NO2/c1-4-2-6(9)5(8(11)12)3-7(4)10;1-5-2-3-6(8(10)11)4-7(5)9/h2-3H,10H2,1H3,(H,11,12);2-4H,9H2,1H3,(H,10,11). The Labute approximate surface area is 141 Å². The van der Waals surface area contributed by atoms with Crippen molar-refractivity contribution in [2.45, 2.75) is 13.8 Å². The molecular formula is C16H17BrN2O4. The minimum absolute atomic E-state index is 0.193. The fraction of sp³-hybridized carbons (Fsp3) is 0.125. The fourth-order valence-electron chi connectivity index (χ4n) is 1.63. The fourth-order valence-corrected chi connectivity index (χ4v) is 2.25. The highest BCUT2D eigenvalue weighted by Gasteiger charge is 2.09. The summed E-state index contributed by atoms with van der Waals surface area (Å²) < 4.78 is 0.557. The number of nitrogens with two attached hydrogens (primary N) is 2. The van der Waals surface area contributed by atoms with Crippen LogP contribution in [0.1, 0.15) is 31.8 Å². The van der Waals surface area contributed by atoms with Gasteiger partial charge in [0.2, 0.25) is 0 Å². The molecule has 0 aromatic heterocycles. The maximum atomic E-state index is 10.6. The average molecular weight is 381 g/mol. The van der Waals surface area contributed by atoms with Gasteiger partial charge >= 0.3 is 11.9 Å². The summed E-state index contributed by atoms with van der Waals surface area (Å²) in [6.45, 7) is 3.66. The monoisotopic (exact) mass is 380 g/mol. The van der Waals surface area contributed by atoms with Crippen LogP contribution in [0.25, 0.3) is 0 Å². The summed E-state index contributed by atoms with van der Waals surface area (Å²) in [5, 5.41) is 17.2. The Morgan fingerprint density at radius 1 is 0.913 bits per heavy atom. The van der Waals surface area contributed by atoms with Gasteiger partial charge in [-0.2, -0.15) is 0 Å². The Kier molecular flexibility index (Phi) is 6.15. The molecule has 7 heteroatoms. The molecule has 122 valence electrons. The topological polar surface area (TPSA) is 127 Å². The predicted octanol–water partition coefficient (Wildman–Crippen LogP) is 3.31. The molecule has 2 aromatic carbocycles. The molecule has 23 heavy (non-hydrogen) atoms. The van der Waals surface area contributed by atoms with Crippen molar-refractivity contribution in [2.24, 2.45) is 0 Å². The van der Waals surface area contributed by atoms with Crippen LogP contribution in [-0.2, 0) is 0 Å². The molecule has 0 amide bonds. The van der Waals surface area contributed by atoms with Crippen LogP contribution >= 0.6 is 15.9 Å². The Morgan fingerprint density at radius 2 is 1.48 bits per heavy atom. The molecule has 0 aliphatic heterocycles. The van der Waals surface area contributed by atoms with E-state index in [9.17, 15) is 9.59 Å². The Bertz CT molecular complexity index is 760.